The lowest BCUT2D eigenvalue weighted by Gasteiger charge is -2.27. The molecule has 5 heteroatoms. The van der Waals surface area contributed by atoms with Gasteiger partial charge in [-0.15, -0.1) is 0 Å². The lowest BCUT2D eigenvalue weighted by atomic mass is 9.84. The summed E-state index contributed by atoms with van der Waals surface area (Å²) >= 11 is 0. The molecule has 0 heterocycles. The van der Waals surface area contributed by atoms with Crippen molar-refractivity contribution in [1.82, 2.24) is 5.32 Å². The molecule has 3 N–H and O–H groups in total. The number of nitrogens with two attached hydrogens (primary N) is 1. The number of hydrogen-bond acceptors (Lipinski definition) is 3. The second-order valence-electron chi connectivity index (χ2n) is 4.60. The van der Waals surface area contributed by atoms with E-state index in [1.165, 1.54) is 0 Å². The summed E-state index contributed by atoms with van der Waals surface area (Å²) in [7, 11) is -0.813. The first-order valence-corrected chi connectivity index (χ1v) is 7.38. The second kappa shape index (κ2) is 5.77. The number of hydrogen-bond donors (Lipinski definition) is 2. The monoisotopic (exact) mass is 246 g/mol. The second-order valence-corrected chi connectivity index (χ2v) is 6.47. The highest BCUT2D eigenvalue weighted by molar-refractivity contribution is 7.84. The first kappa shape index (κ1) is 13.6. The van der Waals surface area contributed by atoms with Gasteiger partial charge in [-0.1, -0.05) is 13.3 Å². The van der Waals surface area contributed by atoms with E-state index in [4.69, 9.17) is 5.73 Å². The smallest absolute Gasteiger partial charge is 0.227 e. The van der Waals surface area contributed by atoms with Crippen LogP contribution in [0, 0.1) is 5.41 Å². The van der Waals surface area contributed by atoms with Crippen molar-refractivity contribution in [1.29, 1.82) is 0 Å². The van der Waals surface area contributed by atoms with Crippen LogP contribution in [0.25, 0.3) is 0 Å². The van der Waals surface area contributed by atoms with Crippen LogP contribution in [0.4, 0.5) is 0 Å². The molecule has 0 aromatic carbocycles. The SMILES string of the molecule is CCS(=O)CCNC(=O)C1(C)CCCC1N. The molecule has 0 radical (unpaired) electrons. The number of rotatable bonds is 5. The lowest BCUT2D eigenvalue weighted by molar-refractivity contribution is -0.130. The fourth-order valence-electron chi connectivity index (χ4n) is 2.10. The van der Waals surface area contributed by atoms with Crippen molar-refractivity contribution in [3.8, 4) is 0 Å². The van der Waals surface area contributed by atoms with Gasteiger partial charge >= 0.3 is 0 Å². The minimum atomic E-state index is -0.813. The molecule has 1 aliphatic rings. The highest BCUT2D eigenvalue weighted by Gasteiger charge is 2.42. The third-order valence-corrected chi connectivity index (χ3v) is 4.79. The van der Waals surface area contributed by atoms with E-state index in [1.54, 1.807) is 0 Å². The minimum absolute atomic E-state index is 0.0191. The molecule has 1 amide bonds. The van der Waals surface area contributed by atoms with E-state index in [2.05, 4.69) is 5.32 Å². The predicted molar refractivity (Wildman–Crippen MR) is 66.5 cm³/mol. The van der Waals surface area contributed by atoms with Gasteiger partial charge in [0.25, 0.3) is 0 Å². The molecule has 0 spiro atoms. The average Bonchev–Trinajstić information content (AvgIpc) is 2.60. The van der Waals surface area contributed by atoms with Crippen LogP contribution in [-0.4, -0.2) is 34.2 Å². The van der Waals surface area contributed by atoms with Gasteiger partial charge in [0.1, 0.15) is 0 Å². The first-order valence-electron chi connectivity index (χ1n) is 5.89. The fourth-order valence-corrected chi connectivity index (χ4v) is 2.72. The van der Waals surface area contributed by atoms with Gasteiger partial charge in [0.15, 0.2) is 0 Å². The Balaban J connectivity index is 2.37. The molecule has 1 fully saturated rings. The van der Waals surface area contributed by atoms with Crippen LogP contribution >= 0.6 is 0 Å². The molecule has 0 aromatic heterocycles. The molecule has 0 bridgehead atoms. The number of carbonyl (C=O) groups is 1. The van der Waals surface area contributed by atoms with E-state index in [9.17, 15) is 9.00 Å². The van der Waals surface area contributed by atoms with Crippen LogP contribution < -0.4 is 11.1 Å². The summed E-state index contributed by atoms with van der Waals surface area (Å²) in [6, 6.07) is -0.0378. The third-order valence-electron chi connectivity index (χ3n) is 3.49. The summed E-state index contributed by atoms with van der Waals surface area (Å²) < 4.78 is 11.2. The summed E-state index contributed by atoms with van der Waals surface area (Å²) in [4.78, 5) is 12.0. The topological polar surface area (TPSA) is 72.2 Å². The maximum atomic E-state index is 12.0. The Morgan fingerprint density at radius 3 is 2.81 bits per heavy atom. The van der Waals surface area contributed by atoms with Crippen LogP contribution in [0.2, 0.25) is 0 Å². The predicted octanol–water partition coefficient (Wildman–Crippen LogP) is 0.389. The highest BCUT2D eigenvalue weighted by atomic mass is 32.2. The quantitative estimate of drug-likeness (QED) is 0.737. The van der Waals surface area contributed by atoms with E-state index in [0.29, 0.717) is 18.1 Å². The molecule has 3 unspecified atom stereocenters. The molecule has 16 heavy (non-hydrogen) atoms. The molecule has 0 aromatic rings. The van der Waals surface area contributed by atoms with Crippen molar-refractivity contribution in [2.24, 2.45) is 11.1 Å². The van der Waals surface area contributed by atoms with Crippen LogP contribution in [0.15, 0.2) is 0 Å². The van der Waals surface area contributed by atoms with Gasteiger partial charge in [0, 0.05) is 34.9 Å². The van der Waals surface area contributed by atoms with Crippen molar-refractivity contribution in [2.45, 2.75) is 39.2 Å². The molecule has 0 aliphatic heterocycles. The molecule has 4 nitrogen and oxygen atoms in total. The Morgan fingerprint density at radius 1 is 1.62 bits per heavy atom. The normalized spacial score (nSPS) is 31.3. The highest BCUT2D eigenvalue weighted by Crippen LogP contribution is 2.36. The summed E-state index contributed by atoms with van der Waals surface area (Å²) in [6.45, 7) is 4.30. The molecule has 0 saturated heterocycles. The molecule has 1 rings (SSSR count). The molecule has 3 atom stereocenters. The lowest BCUT2D eigenvalue weighted by Crippen LogP contribution is -2.48. The summed E-state index contributed by atoms with van der Waals surface area (Å²) in [5, 5.41) is 2.85. The maximum absolute atomic E-state index is 12.0. The third kappa shape index (κ3) is 3.04. The Kier molecular flexibility index (Phi) is 4.92. The first-order chi connectivity index (χ1) is 7.50. The zero-order chi connectivity index (χ0) is 12.2. The molecular formula is C11H22N2O2S. The van der Waals surface area contributed by atoms with Crippen LogP contribution in [-0.2, 0) is 15.6 Å². The van der Waals surface area contributed by atoms with Crippen molar-refractivity contribution >= 4 is 16.7 Å². The van der Waals surface area contributed by atoms with Gasteiger partial charge in [-0.2, -0.15) is 0 Å². The van der Waals surface area contributed by atoms with E-state index in [0.717, 1.165) is 19.3 Å². The molecule has 94 valence electrons. The van der Waals surface area contributed by atoms with E-state index in [-0.39, 0.29) is 11.9 Å². The zero-order valence-corrected chi connectivity index (χ0v) is 10.9. The Hall–Kier alpha value is -0.420. The maximum Gasteiger partial charge on any atom is 0.227 e. The molecule has 1 aliphatic carbocycles. The van der Waals surface area contributed by atoms with Crippen molar-refractivity contribution < 1.29 is 9.00 Å². The van der Waals surface area contributed by atoms with Crippen molar-refractivity contribution in [2.75, 3.05) is 18.1 Å². The van der Waals surface area contributed by atoms with Crippen LogP contribution in [0.3, 0.4) is 0 Å². The standard InChI is InChI=1S/C11H22N2O2S/c1-3-16(15)8-7-13-10(14)11(2)6-4-5-9(11)12/h9H,3-8,12H2,1-2H3,(H,13,14). The van der Waals surface area contributed by atoms with Gasteiger partial charge < -0.3 is 11.1 Å². The number of amides is 1. The van der Waals surface area contributed by atoms with Gasteiger partial charge in [-0.25, -0.2) is 0 Å². The summed E-state index contributed by atoms with van der Waals surface area (Å²) in [5.41, 5.74) is 5.53. The minimum Gasteiger partial charge on any atom is -0.355 e. The van der Waals surface area contributed by atoms with E-state index in [1.807, 2.05) is 13.8 Å². The van der Waals surface area contributed by atoms with Crippen LogP contribution in [0.5, 0.6) is 0 Å². The zero-order valence-electron chi connectivity index (χ0n) is 10.1. The molecular weight excluding hydrogens is 224 g/mol. The van der Waals surface area contributed by atoms with E-state index < -0.39 is 16.2 Å². The van der Waals surface area contributed by atoms with Gasteiger partial charge in [-0.05, 0) is 19.8 Å². The fraction of sp³-hybridized carbons (Fsp3) is 0.909. The summed E-state index contributed by atoms with van der Waals surface area (Å²) in [5.74, 6) is 1.20. The Bertz CT molecular complexity index is 283. The number of carbonyl (C=O) groups excluding carboxylic acids is 1. The molecule has 1 saturated carbocycles. The van der Waals surface area contributed by atoms with Gasteiger partial charge in [0.05, 0.1) is 5.41 Å². The Morgan fingerprint density at radius 2 is 2.31 bits per heavy atom. The van der Waals surface area contributed by atoms with E-state index >= 15 is 0 Å². The Labute approximate surface area is 99.8 Å². The van der Waals surface area contributed by atoms with Crippen LogP contribution in [0.1, 0.15) is 33.1 Å². The van der Waals surface area contributed by atoms with Gasteiger partial charge in [-0.3, -0.25) is 9.00 Å². The number of nitrogens with one attached hydrogen (secondary N) is 1. The van der Waals surface area contributed by atoms with Crippen molar-refractivity contribution in [3.05, 3.63) is 0 Å². The largest absolute Gasteiger partial charge is 0.355 e. The average molecular weight is 246 g/mol. The summed E-state index contributed by atoms with van der Waals surface area (Å²) in [6.07, 6.45) is 2.80. The van der Waals surface area contributed by atoms with Crippen molar-refractivity contribution in [3.63, 3.8) is 0 Å². The van der Waals surface area contributed by atoms with Gasteiger partial charge in [0.2, 0.25) is 5.91 Å².